The van der Waals surface area contributed by atoms with Crippen molar-refractivity contribution < 1.29 is 4.79 Å². The van der Waals surface area contributed by atoms with Gasteiger partial charge in [-0.05, 0) is 62.6 Å². The lowest BCUT2D eigenvalue weighted by atomic mass is 9.80. The summed E-state index contributed by atoms with van der Waals surface area (Å²) in [5.74, 6) is 0.253. The summed E-state index contributed by atoms with van der Waals surface area (Å²) in [6, 6.07) is 4.00. The Balaban J connectivity index is 2.41. The topological polar surface area (TPSA) is 45.8 Å². The summed E-state index contributed by atoms with van der Waals surface area (Å²) in [5, 5.41) is 0.385. The number of benzene rings is 1. The number of nitrogens with one attached hydrogen (secondary N) is 1. The molecule has 1 aliphatic carbocycles. The molecular formula is C14H15ClN2O. The predicted molar refractivity (Wildman–Crippen MR) is 72.2 cm³/mol. The zero-order chi connectivity index (χ0) is 13.3. The van der Waals surface area contributed by atoms with Gasteiger partial charge in [0.25, 0.3) is 0 Å². The van der Waals surface area contributed by atoms with Gasteiger partial charge in [-0.3, -0.25) is 4.79 Å². The monoisotopic (exact) mass is 262 g/mol. The van der Waals surface area contributed by atoms with E-state index in [0.717, 1.165) is 22.2 Å². The largest absolute Gasteiger partial charge is 0.329 e. The number of rotatable bonds is 0. The van der Waals surface area contributed by atoms with Crippen LogP contribution in [-0.4, -0.2) is 15.8 Å². The van der Waals surface area contributed by atoms with E-state index in [2.05, 4.69) is 9.97 Å². The average Bonchev–Trinajstić information content (AvgIpc) is 2.69. The molecule has 1 aromatic heterocycles. The van der Waals surface area contributed by atoms with Crippen molar-refractivity contribution >= 4 is 28.4 Å². The first-order valence-corrected chi connectivity index (χ1v) is 6.37. The zero-order valence-corrected chi connectivity index (χ0v) is 11.6. The highest BCUT2D eigenvalue weighted by atomic mass is 35.5. The first-order valence-electron chi connectivity index (χ1n) is 6.00. The Hall–Kier alpha value is -1.35. The molecule has 0 spiro atoms. The molecule has 1 N–H and O–H groups in total. The van der Waals surface area contributed by atoms with Gasteiger partial charge < -0.3 is 4.98 Å². The van der Waals surface area contributed by atoms with E-state index >= 15 is 0 Å². The second kappa shape index (κ2) is 3.15. The molecule has 94 valence electrons. The summed E-state index contributed by atoms with van der Waals surface area (Å²) in [5.41, 5.74) is 2.93. The zero-order valence-electron chi connectivity index (χ0n) is 10.9. The Morgan fingerprint density at radius 3 is 2.28 bits per heavy atom. The van der Waals surface area contributed by atoms with Gasteiger partial charge >= 0.3 is 0 Å². The first-order chi connectivity index (χ1) is 8.24. The van der Waals surface area contributed by atoms with Crippen LogP contribution in [0.25, 0.3) is 11.0 Å². The van der Waals surface area contributed by atoms with Crippen LogP contribution in [0.1, 0.15) is 38.8 Å². The quantitative estimate of drug-likeness (QED) is 0.791. The third-order valence-corrected chi connectivity index (χ3v) is 4.25. The predicted octanol–water partition coefficient (Wildman–Crippen LogP) is 3.35. The minimum Gasteiger partial charge on any atom is -0.329 e. The molecule has 0 amide bonds. The fraction of sp³-hybridized carbons (Fsp3) is 0.429. The van der Waals surface area contributed by atoms with E-state index < -0.39 is 10.8 Å². The van der Waals surface area contributed by atoms with E-state index in [9.17, 15) is 4.79 Å². The molecule has 0 saturated heterocycles. The minimum atomic E-state index is -0.460. The average molecular weight is 263 g/mol. The number of carbonyl (C=O) groups excluding carboxylic acids is 1. The van der Waals surface area contributed by atoms with Crippen LogP contribution in [0, 0.1) is 0 Å². The van der Waals surface area contributed by atoms with Gasteiger partial charge in [-0.15, -0.1) is 0 Å². The van der Waals surface area contributed by atoms with Gasteiger partial charge in [-0.1, -0.05) is 0 Å². The van der Waals surface area contributed by atoms with Crippen molar-refractivity contribution in [3.05, 3.63) is 28.5 Å². The van der Waals surface area contributed by atoms with Crippen LogP contribution in [0.15, 0.2) is 12.1 Å². The van der Waals surface area contributed by atoms with Crippen molar-refractivity contribution in [3.63, 3.8) is 0 Å². The molecule has 0 unspecified atom stereocenters. The third-order valence-electron chi connectivity index (χ3n) is 4.07. The summed E-state index contributed by atoms with van der Waals surface area (Å²) in [7, 11) is 0. The number of carbonyl (C=O) groups is 1. The molecule has 2 aromatic rings. The van der Waals surface area contributed by atoms with Gasteiger partial charge in [0.2, 0.25) is 5.28 Å². The van der Waals surface area contributed by atoms with Crippen LogP contribution >= 0.6 is 11.6 Å². The van der Waals surface area contributed by atoms with Crippen LogP contribution in [0.5, 0.6) is 0 Å². The van der Waals surface area contributed by atoms with Gasteiger partial charge in [-0.25, -0.2) is 4.98 Å². The summed E-state index contributed by atoms with van der Waals surface area (Å²) in [6.45, 7) is 7.91. The second-order valence-corrected chi connectivity index (χ2v) is 6.38. The Morgan fingerprint density at radius 2 is 1.67 bits per heavy atom. The molecule has 0 bridgehead atoms. The van der Waals surface area contributed by atoms with E-state index in [1.54, 1.807) is 0 Å². The standard InChI is InChI=1S/C14H15ClN2O/c1-13(2)7-5-9-10(17-12(15)16-9)6-8(7)14(3,4)11(13)18/h5-6H,1-4H3,(H,16,17). The molecule has 3 nitrogen and oxygen atoms in total. The number of hydrogen-bond donors (Lipinski definition) is 1. The molecule has 0 aliphatic heterocycles. The van der Waals surface area contributed by atoms with Gasteiger partial charge in [0.15, 0.2) is 5.78 Å². The Morgan fingerprint density at radius 1 is 1.11 bits per heavy atom. The van der Waals surface area contributed by atoms with Crippen molar-refractivity contribution in [2.75, 3.05) is 0 Å². The number of fused-ring (bicyclic) bond motifs is 2. The van der Waals surface area contributed by atoms with Crippen LogP contribution in [0.4, 0.5) is 0 Å². The maximum Gasteiger partial charge on any atom is 0.201 e. The molecule has 18 heavy (non-hydrogen) atoms. The number of ketones is 1. The SMILES string of the molecule is CC1(C)C(=O)C(C)(C)c2cc3[nH]c(Cl)nc3cc21. The molecule has 3 rings (SSSR count). The number of H-pyrrole nitrogens is 1. The van der Waals surface area contributed by atoms with Crippen LogP contribution < -0.4 is 0 Å². The van der Waals surface area contributed by atoms with Crippen LogP contribution in [-0.2, 0) is 15.6 Å². The molecule has 0 saturated carbocycles. The van der Waals surface area contributed by atoms with Gasteiger partial charge in [0, 0.05) is 10.8 Å². The normalized spacial score (nSPS) is 20.4. The third kappa shape index (κ3) is 1.25. The minimum absolute atomic E-state index is 0.253. The number of aromatic amines is 1. The molecular weight excluding hydrogens is 248 g/mol. The highest BCUT2D eigenvalue weighted by Gasteiger charge is 2.50. The fourth-order valence-corrected chi connectivity index (χ4v) is 3.28. The Kier molecular flexibility index (Phi) is 2.05. The van der Waals surface area contributed by atoms with Crippen molar-refractivity contribution in [3.8, 4) is 0 Å². The molecule has 0 radical (unpaired) electrons. The van der Waals surface area contributed by atoms with Crippen molar-refractivity contribution in [2.45, 2.75) is 38.5 Å². The maximum absolute atomic E-state index is 12.5. The number of nitrogens with zero attached hydrogens (tertiary/aromatic N) is 1. The van der Waals surface area contributed by atoms with Gasteiger partial charge in [0.05, 0.1) is 11.0 Å². The highest BCUT2D eigenvalue weighted by Crippen LogP contribution is 2.47. The van der Waals surface area contributed by atoms with Crippen LogP contribution in [0.2, 0.25) is 5.28 Å². The lowest BCUT2D eigenvalue weighted by molar-refractivity contribution is -0.126. The smallest absolute Gasteiger partial charge is 0.201 e. The number of imidazole rings is 1. The Bertz CT molecular complexity index is 627. The molecule has 4 heteroatoms. The lowest BCUT2D eigenvalue weighted by Crippen LogP contribution is -2.33. The van der Waals surface area contributed by atoms with E-state index in [1.807, 2.05) is 39.8 Å². The molecule has 1 aromatic carbocycles. The van der Waals surface area contributed by atoms with Gasteiger partial charge in [0.1, 0.15) is 0 Å². The summed E-state index contributed by atoms with van der Waals surface area (Å²) >= 11 is 5.89. The lowest BCUT2D eigenvalue weighted by Gasteiger charge is -2.21. The number of hydrogen-bond acceptors (Lipinski definition) is 2. The van der Waals surface area contributed by atoms with Crippen molar-refractivity contribution in [1.82, 2.24) is 9.97 Å². The molecule has 0 fully saturated rings. The first kappa shape index (κ1) is 11.7. The van der Waals surface area contributed by atoms with Crippen molar-refractivity contribution in [2.24, 2.45) is 0 Å². The molecule has 1 heterocycles. The van der Waals surface area contributed by atoms with E-state index in [1.165, 1.54) is 0 Å². The highest BCUT2D eigenvalue weighted by molar-refractivity contribution is 6.29. The summed E-state index contributed by atoms with van der Waals surface area (Å²) < 4.78 is 0. The van der Waals surface area contributed by atoms with Crippen LogP contribution in [0.3, 0.4) is 0 Å². The molecule has 1 aliphatic rings. The number of Topliss-reactive ketones (excluding diaryl/α,β-unsaturated/α-hetero) is 1. The molecule has 0 atom stereocenters. The summed E-state index contributed by atoms with van der Waals surface area (Å²) in [6.07, 6.45) is 0. The van der Waals surface area contributed by atoms with E-state index in [0.29, 0.717) is 5.28 Å². The fourth-order valence-electron chi connectivity index (χ4n) is 3.09. The number of halogens is 1. The number of aromatic nitrogens is 2. The van der Waals surface area contributed by atoms with Crippen molar-refractivity contribution in [1.29, 1.82) is 0 Å². The second-order valence-electron chi connectivity index (χ2n) is 6.02. The maximum atomic E-state index is 12.5. The van der Waals surface area contributed by atoms with E-state index in [-0.39, 0.29) is 5.78 Å². The van der Waals surface area contributed by atoms with Gasteiger partial charge in [-0.2, -0.15) is 0 Å². The summed E-state index contributed by atoms with van der Waals surface area (Å²) in [4.78, 5) is 19.8. The van der Waals surface area contributed by atoms with E-state index in [4.69, 9.17) is 11.6 Å². The Labute approximate surface area is 111 Å².